The molecule has 132 valence electrons. The van der Waals surface area contributed by atoms with Crippen LogP contribution in [-0.2, 0) is 19.1 Å². The summed E-state index contributed by atoms with van der Waals surface area (Å²) in [5, 5.41) is 18.9. The first-order valence-corrected chi connectivity index (χ1v) is 7.49. The largest absolute Gasteiger partial charge is 0.507 e. The highest BCUT2D eigenvalue weighted by Crippen LogP contribution is 2.20. The Balaban J connectivity index is 2.99. The molecule has 1 aromatic rings. The van der Waals surface area contributed by atoms with Crippen LogP contribution in [0.5, 0.6) is 5.75 Å². The van der Waals surface area contributed by atoms with Crippen molar-refractivity contribution in [3.63, 3.8) is 0 Å². The van der Waals surface area contributed by atoms with Gasteiger partial charge in [0.1, 0.15) is 24.3 Å². The van der Waals surface area contributed by atoms with Crippen LogP contribution in [0.1, 0.15) is 30.6 Å². The van der Waals surface area contributed by atoms with Gasteiger partial charge in [-0.15, -0.1) is 0 Å². The first kappa shape index (κ1) is 20.1. The molecule has 0 spiro atoms. The summed E-state index contributed by atoms with van der Waals surface area (Å²) in [5.41, 5.74) is -0.448. The number of phenols is 1. The van der Waals surface area contributed by atoms with Crippen LogP contribution in [-0.4, -0.2) is 42.0 Å². The van der Waals surface area contributed by atoms with Gasteiger partial charge in [-0.2, -0.15) is 5.26 Å². The Hall–Kier alpha value is -2.98. The molecule has 25 heavy (non-hydrogen) atoms. The van der Waals surface area contributed by atoms with Gasteiger partial charge in [0.05, 0.1) is 17.2 Å². The average molecular weight is 345 g/mol. The topological polar surface area (TPSA) is 114 Å². The fourth-order valence-corrected chi connectivity index (χ4v) is 1.97. The van der Waals surface area contributed by atoms with Crippen LogP contribution in [0.15, 0.2) is 35.9 Å². The number of aromatic hydroxyl groups is 1. The van der Waals surface area contributed by atoms with Crippen molar-refractivity contribution in [2.45, 2.75) is 32.5 Å². The molecule has 0 aliphatic rings. The molecule has 7 heteroatoms. The minimum atomic E-state index is -1.26. The highest BCUT2D eigenvalue weighted by Gasteiger charge is 2.24. The Kier molecular flexibility index (Phi) is 7.50. The number of nitriles is 1. The molecule has 0 aliphatic carbocycles. The molecule has 0 aromatic heterocycles. The van der Waals surface area contributed by atoms with Crippen molar-refractivity contribution in [1.82, 2.24) is 0 Å². The summed E-state index contributed by atoms with van der Waals surface area (Å²) in [6.07, 6.45) is -1.14. The zero-order chi connectivity index (χ0) is 19.0. The van der Waals surface area contributed by atoms with E-state index in [0.717, 1.165) is 6.08 Å². The summed E-state index contributed by atoms with van der Waals surface area (Å²) in [6, 6.07) is 7.41. The summed E-state index contributed by atoms with van der Waals surface area (Å²) >= 11 is 0. The molecule has 0 heterocycles. The number of para-hydroxylation sites is 1. The number of allylic oxidation sites excluding steroid dienone is 1. The first-order valence-electron chi connectivity index (χ1n) is 7.49. The standard InChI is InChI=1S/C18H19NO6/c1-11(2)25-17(22)9-15(21)16(24-3)8-12(10-19)18(23)13-6-4-5-7-14(13)20/h4-8,11,16,20H,9H2,1-3H3/b12-8+. The van der Waals surface area contributed by atoms with Crippen molar-refractivity contribution in [3.05, 3.63) is 41.5 Å². The lowest BCUT2D eigenvalue weighted by Gasteiger charge is -2.12. The quantitative estimate of drug-likeness (QED) is 0.252. The molecule has 1 rings (SSSR count). The molecule has 1 aromatic carbocycles. The third-order valence-electron chi connectivity index (χ3n) is 3.09. The lowest BCUT2D eigenvalue weighted by atomic mass is 10.0. The summed E-state index contributed by atoms with van der Waals surface area (Å²) in [7, 11) is 1.21. The number of carbonyl (C=O) groups excluding carboxylic acids is 3. The molecule has 1 atom stereocenters. The maximum atomic E-state index is 12.3. The predicted octanol–water partition coefficient (Wildman–Crippen LogP) is 1.95. The molecule has 7 nitrogen and oxygen atoms in total. The number of benzene rings is 1. The SMILES string of the molecule is COC(/C=C(\C#N)C(=O)c1ccccc1O)C(=O)CC(=O)OC(C)C. The molecule has 0 bridgehead atoms. The van der Waals surface area contributed by atoms with E-state index in [0.29, 0.717) is 0 Å². The summed E-state index contributed by atoms with van der Waals surface area (Å²) in [4.78, 5) is 36.0. The normalized spacial score (nSPS) is 12.4. The van der Waals surface area contributed by atoms with Gasteiger partial charge in [-0.1, -0.05) is 12.1 Å². The van der Waals surface area contributed by atoms with Crippen LogP contribution >= 0.6 is 0 Å². The van der Waals surface area contributed by atoms with Crippen molar-refractivity contribution in [2.24, 2.45) is 0 Å². The second-order valence-corrected chi connectivity index (χ2v) is 5.38. The molecule has 0 amide bonds. The van der Waals surface area contributed by atoms with E-state index in [1.54, 1.807) is 19.9 Å². The molecule has 0 saturated carbocycles. The predicted molar refractivity (Wildman–Crippen MR) is 87.8 cm³/mol. The highest BCUT2D eigenvalue weighted by atomic mass is 16.5. The Bertz CT molecular complexity index is 729. The monoisotopic (exact) mass is 345 g/mol. The van der Waals surface area contributed by atoms with Crippen molar-refractivity contribution in [1.29, 1.82) is 5.26 Å². The number of hydrogen-bond acceptors (Lipinski definition) is 7. The van der Waals surface area contributed by atoms with E-state index in [9.17, 15) is 24.8 Å². The van der Waals surface area contributed by atoms with Gasteiger partial charge in [0.2, 0.25) is 5.78 Å². The van der Waals surface area contributed by atoms with Gasteiger partial charge in [-0.3, -0.25) is 14.4 Å². The molecule has 0 aliphatic heterocycles. The number of Topliss-reactive ketones (excluding diaryl/α,β-unsaturated/α-hetero) is 2. The van der Waals surface area contributed by atoms with Crippen LogP contribution in [0.2, 0.25) is 0 Å². The van der Waals surface area contributed by atoms with Crippen molar-refractivity contribution in [3.8, 4) is 11.8 Å². The number of phenolic OH excluding ortho intramolecular Hbond substituents is 1. The van der Waals surface area contributed by atoms with Crippen LogP contribution < -0.4 is 0 Å². The van der Waals surface area contributed by atoms with Crippen LogP contribution in [0.25, 0.3) is 0 Å². The van der Waals surface area contributed by atoms with E-state index in [1.165, 1.54) is 31.4 Å². The zero-order valence-electron chi connectivity index (χ0n) is 14.2. The summed E-state index contributed by atoms with van der Waals surface area (Å²) < 4.78 is 9.85. The van der Waals surface area contributed by atoms with E-state index in [4.69, 9.17) is 9.47 Å². The maximum Gasteiger partial charge on any atom is 0.313 e. The molecule has 1 unspecified atom stereocenters. The van der Waals surface area contributed by atoms with Crippen molar-refractivity contribution in [2.75, 3.05) is 7.11 Å². The number of hydrogen-bond donors (Lipinski definition) is 1. The van der Waals surface area contributed by atoms with E-state index >= 15 is 0 Å². The Labute approximate surface area is 145 Å². The lowest BCUT2D eigenvalue weighted by Crippen LogP contribution is -2.26. The Morgan fingerprint density at radius 1 is 1.28 bits per heavy atom. The van der Waals surface area contributed by atoms with Crippen LogP contribution in [0.4, 0.5) is 0 Å². The number of nitrogens with zero attached hydrogens (tertiary/aromatic N) is 1. The van der Waals surface area contributed by atoms with Crippen molar-refractivity contribution < 1.29 is 29.0 Å². The van der Waals surface area contributed by atoms with Gasteiger partial charge in [-0.05, 0) is 32.1 Å². The van der Waals surface area contributed by atoms with E-state index in [-0.39, 0.29) is 23.0 Å². The Morgan fingerprint density at radius 2 is 1.92 bits per heavy atom. The molecule has 1 N–H and O–H groups in total. The minimum absolute atomic E-state index is 0.0724. The van der Waals surface area contributed by atoms with Gasteiger partial charge >= 0.3 is 5.97 Å². The number of methoxy groups -OCH3 is 1. The maximum absolute atomic E-state index is 12.3. The fraction of sp³-hybridized carbons (Fsp3) is 0.333. The van der Waals surface area contributed by atoms with Gasteiger partial charge in [0.15, 0.2) is 5.78 Å². The summed E-state index contributed by atoms with van der Waals surface area (Å²) in [6.45, 7) is 3.30. The van der Waals surface area contributed by atoms with Crippen LogP contribution in [0, 0.1) is 11.3 Å². The highest BCUT2D eigenvalue weighted by molar-refractivity contribution is 6.13. The number of esters is 1. The van der Waals surface area contributed by atoms with E-state index in [1.807, 2.05) is 0 Å². The number of rotatable bonds is 8. The number of ketones is 2. The second kappa shape index (κ2) is 9.35. The average Bonchev–Trinajstić information content (AvgIpc) is 2.54. The van der Waals surface area contributed by atoms with Gasteiger partial charge in [0.25, 0.3) is 0 Å². The smallest absolute Gasteiger partial charge is 0.313 e. The third-order valence-corrected chi connectivity index (χ3v) is 3.09. The molecular formula is C18H19NO6. The minimum Gasteiger partial charge on any atom is -0.507 e. The molecule has 0 radical (unpaired) electrons. The third kappa shape index (κ3) is 5.86. The second-order valence-electron chi connectivity index (χ2n) is 5.38. The van der Waals surface area contributed by atoms with Crippen LogP contribution in [0.3, 0.4) is 0 Å². The van der Waals surface area contributed by atoms with E-state index in [2.05, 4.69) is 0 Å². The first-order chi connectivity index (χ1) is 11.8. The summed E-state index contributed by atoms with van der Waals surface area (Å²) in [5.74, 6) is -2.40. The van der Waals surface area contributed by atoms with Gasteiger partial charge in [0, 0.05) is 7.11 Å². The number of carbonyl (C=O) groups is 3. The lowest BCUT2D eigenvalue weighted by molar-refractivity contribution is -0.150. The molecule has 0 fully saturated rings. The van der Waals surface area contributed by atoms with Gasteiger partial charge in [-0.25, -0.2) is 0 Å². The fourth-order valence-electron chi connectivity index (χ4n) is 1.97. The molecule has 0 saturated heterocycles. The van der Waals surface area contributed by atoms with E-state index < -0.39 is 30.1 Å². The Morgan fingerprint density at radius 3 is 2.44 bits per heavy atom. The van der Waals surface area contributed by atoms with Gasteiger partial charge < -0.3 is 14.6 Å². The zero-order valence-corrected chi connectivity index (χ0v) is 14.2. The molecular weight excluding hydrogens is 326 g/mol. The van der Waals surface area contributed by atoms with Crippen molar-refractivity contribution >= 4 is 17.5 Å². The number of ether oxygens (including phenoxy) is 2.